The van der Waals surface area contributed by atoms with E-state index in [4.69, 9.17) is 0 Å². The van der Waals surface area contributed by atoms with Gasteiger partial charge in [-0.2, -0.15) is 0 Å². The number of rotatable bonds is 7. The first-order valence-electron chi connectivity index (χ1n) is 12.4. The van der Waals surface area contributed by atoms with E-state index in [0.29, 0.717) is 5.41 Å². The number of piperidine rings is 2. The summed E-state index contributed by atoms with van der Waals surface area (Å²) in [5.74, 6) is 1.88. The summed E-state index contributed by atoms with van der Waals surface area (Å²) in [4.78, 5) is 4.86. The number of thioether (sulfide) groups is 1. The maximum absolute atomic E-state index is 14.2. The Morgan fingerprint density at radius 2 is 1.56 bits per heavy atom. The van der Waals surface area contributed by atoms with Gasteiger partial charge in [0.1, 0.15) is 5.82 Å². The summed E-state index contributed by atoms with van der Waals surface area (Å²) in [6.07, 6.45) is 6.07. The summed E-state index contributed by atoms with van der Waals surface area (Å²) in [5, 5.41) is 9.78. The van der Waals surface area contributed by atoms with Crippen molar-refractivity contribution in [2.75, 3.05) is 43.4 Å². The Hall–Kier alpha value is -2.38. The minimum absolute atomic E-state index is 0.0937. The smallest absolute Gasteiger partial charge is 0.191 e. The number of benzene rings is 2. The van der Waals surface area contributed by atoms with Gasteiger partial charge in [0.25, 0.3) is 0 Å². The average molecular weight is 480 g/mol. The van der Waals surface area contributed by atoms with Crippen molar-refractivity contribution < 1.29 is 4.39 Å². The van der Waals surface area contributed by atoms with Gasteiger partial charge in [-0.3, -0.25) is 0 Å². The van der Waals surface area contributed by atoms with Crippen LogP contribution < -0.4 is 4.90 Å². The lowest BCUT2D eigenvalue weighted by Crippen LogP contribution is -2.47. The summed E-state index contributed by atoms with van der Waals surface area (Å²) in [6, 6.07) is 17.4. The quantitative estimate of drug-likeness (QED) is 0.331. The van der Waals surface area contributed by atoms with Crippen LogP contribution in [0.3, 0.4) is 0 Å². The van der Waals surface area contributed by atoms with Gasteiger partial charge in [-0.25, -0.2) is 4.39 Å². The largest absolute Gasteiger partial charge is 0.369 e. The molecule has 0 atom stereocenters. The molecular formula is C27H34FN5S. The van der Waals surface area contributed by atoms with Gasteiger partial charge in [0.2, 0.25) is 0 Å². The molecule has 2 aliphatic rings. The molecule has 0 bridgehead atoms. The SMILES string of the molecule is Cn1c(SCCCN2CCC3(CC2)CCN(c2ccccc2F)CC3)nnc1-c1ccccc1. The van der Waals surface area contributed by atoms with Crippen LogP contribution in [0.2, 0.25) is 0 Å². The Kier molecular flexibility index (Phi) is 7.21. The van der Waals surface area contributed by atoms with E-state index in [0.717, 1.165) is 54.0 Å². The summed E-state index contributed by atoms with van der Waals surface area (Å²) < 4.78 is 16.3. The molecule has 0 N–H and O–H groups in total. The third kappa shape index (κ3) is 5.15. The van der Waals surface area contributed by atoms with E-state index < -0.39 is 0 Å². The number of hydrogen-bond donors (Lipinski definition) is 0. The monoisotopic (exact) mass is 479 g/mol. The number of aromatic nitrogens is 3. The summed E-state index contributed by atoms with van der Waals surface area (Å²) in [6.45, 7) is 5.47. The molecule has 34 heavy (non-hydrogen) atoms. The number of anilines is 1. The van der Waals surface area contributed by atoms with Crippen LogP contribution in [0.5, 0.6) is 0 Å². The normalized spacial score (nSPS) is 18.5. The van der Waals surface area contributed by atoms with Gasteiger partial charge in [0, 0.05) is 31.5 Å². The van der Waals surface area contributed by atoms with E-state index in [1.807, 2.05) is 37.4 Å². The van der Waals surface area contributed by atoms with Gasteiger partial charge in [-0.1, -0.05) is 54.2 Å². The zero-order chi connectivity index (χ0) is 23.4. The lowest BCUT2D eigenvalue weighted by Gasteiger charge is -2.47. The van der Waals surface area contributed by atoms with Crippen molar-refractivity contribution in [2.24, 2.45) is 12.5 Å². The lowest BCUT2D eigenvalue weighted by molar-refractivity contribution is 0.0801. The van der Waals surface area contributed by atoms with E-state index in [2.05, 4.69) is 36.7 Å². The summed E-state index contributed by atoms with van der Waals surface area (Å²) in [7, 11) is 2.05. The molecule has 2 fully saturated rings. The standard InChI is InChI=1S/C27H34FN5S/c1-31-25(22-8-3-2-4-9-22)29-30-26(31)34-21-7-16-32-17-12-27(13-18-32)14-19-33(20-15-27)24-11-6-5-10-23(24)28/h2-6,8-11H,7,12-21H2,1H3. The van der Waals surface area contributed by atoms with Gasteiger partial charge < -0.3 is 14.4 Å². The molecule has 180 valence electrons. The highest BCUT2D eigenvalue weighted by atomic mass is 32.2. The maximum atomic E-state index is 14.2. The molecule has 2 saturated heterocycles. The van der Waals surface area contributed by atoms with E-state index >= 15 is 0 Å². The first kappa shape index (κ1) is 23.4. The maximum Gasteiger partial charge on any atom is 0.191 e. The van der Waals surface area contributed by atoms with Crippen LogP contribution in [0.1, 0.15) is 32.1 Å². The van der Waals surface area contributed by atoms with Crippen molar-refractivity contribution in [3.63, 3.8) is 0 Å². The van der Waals surface area contributed by atoms with Crippen molar-refractivity contribution >= 4 is 17.4 Å². The Morgan fingerprint density at radius 1 is 0.882 bits per heavy atom. The Bertz CT molecular complexity index is 1070. The van der Waals surface area contributed by atoms with Crippen molar-refractivity contribution in [1.82, 2.24) is 19.7 Å². The fourth-order valence-corrected chi connectivity index (χ4v) is 6.25. The molecule has 2 aromatic carbocycles. The van der Waals surface area contributed by atoms with Crippen LogP contribution in [0.25, 0.3) is 11.4 Å². The minimum atomic E-state index is -0.0937. The van der Waals surface area contributed by atoms with Crippen LogP contribution in [-0.4, -0.2) is 58.1 Å². The first-order chi connectivity index (χ1) is 16.6. The fourth-order valence-electron chi connectivity index (χ4n) is 5.41. The molecule has 3 heterocycles. The second-order valence-corrected chi connectivity index (χ2v) is 10.8. The van der Waals surface area contributed by atoms with Gasteiger partial charge in [0.05, 0.1) is 5.69 Å². The molecule has 0 saturated carbocycles. The zero-order valence-electron chi connectivity index (χ0n) is 20.0. The van der Waals surface area contributed by atoms with Gasteiger partial charge in [-0.15, -0.1) is 10.2 Å². The van der Waals surface area contributed by atoms with Crippen LogP contribution >= 0.6 is 11.8 Å². The predicted octanol–water partition coefficient (Wildman–Crippen LogP) is 5.49. The van der Waals surface area contributed by atoms with E-state index in [1.54, 1.807) is 23.9 Å². The topological polar surface area (TPSA) is 37.2 Å². The number of para-hydroxylation sites is 1. The van der Waals surface area contributed by atoms with Crippen molar-refractivity contribution in [3.05, 3.63) is 60.4 Å². The van der Waals surface area contributed by atoms with Gasteiger partial charge in [0.15, 0.2) is 11.0 Å². The molecule has 1 spiro atoms. The van der Waals surface area contributed by atoms with Crippen molar-refractivity contribution in [3.8, 4) is 11.4 Å². The van der Waals surface area contributed by atoms with Crippen LogP contribution in [0, 0.1) is 11.2 Å². The second kappa shape index (κ2) is 10.5. The van der Waals surface area contributed by atoms with Crippen LogP contribution in [-0.2, 0) is 7.05 Å². The van der Waals surface area contributed by atoms with Crippen molar-refractivity contribution in [2.45, 2.75) is 37.3 Å². The van der Waals surface area contributed by atoms with E-state index in [9.17, 15) is 4.39 Å². The second-order valence-electron chi connectivity index (χ2n) is 9.71. The third-order valence-corrected chi connectivity index (χ3v) is 8.76. The van der Waals surface area contributed by atoms with Crippen LogP contribution in [0.4, 0.5) is 10.1 Å². The van der Waals surface area contributed by atoms with E-state index in [1.165, 1.54) is 38.8 Å². The molecular weight excluding hydrogens is 445 g/mol. The lowest BCUT2D eigenvalue weighted by atomic mass is 9.71. The molecule has 7 heteroatoms. The fraction of sp³-hybridized carbons (Fsp3) is 0.481. The summed E-state index contributed by atoms with van der Waals surface area (Å²) >= 11 is 1.80. The molecule has 0 aliphatic carbocycles. The predicted molar refractivity (Wildman–Crippen MR) is 138 cm³/mol. The molecule has 5 rings (SSSR count). The Balaban J connectivity index is 1.04. The van der Waals surface area contributed by atoms with Crippen LogP contribution in [0.15, 0.2) is 59.8 Å². The third-order valence-electron chi connectivity index (χ3n) is 7.65. The van der Waals surface area contributed by atoms with Gasteiger partial charge >= 0.3 is 0 Å². The number of likely N-dealkylation sites (tertiary alicyclic amines) is 1. The highest BCUT2D eigenvalue weighted by Crippen LogP contribution is 2.42. The van der Waals surface area contributed by atoms with E-state index in [-0.39, 0.29) is 5.82 Å². The molecule has 2 aliphatic heterocycles. The summed E-state index contributed by atoms with van der Waals surface area (Å²) in [5.41, 5.74) is 2.33. The minimum Gasteiger partial charge on any atom is -0.369 e. The molecule has 3 aromatic rings. The molecule has 0 amide bonds. The Labute approximate surface area is 206 Å². The van der Waals surface area contributed by atoms with Crippen molar-refractivity contribution in [1.29, 1.82) is 0 Å². The zero-order valence-corrected chi connectivity index (χ0v) is 20.8. The highest BCUT2D eigenvalue weighted by Gasteiger charge is 2.37. The Morgan fingerprint density at radius 3 is 2.29 bits per heavy atom. The number of halogens is 1. The first-order valence-corrected chi connectivity index (χ1v) is 13.4. The van der Waals surface area contributed by atoms with Gasteiger partial charge in [-0.05, 0) is 69.3 Å². The molecule has 0 unspecified atom stereocenters. The molecule has 5 nitrogen and oxygen atoms in total. The number of hydrogen-bond acceptors (Lipinski definition) is 5. The average Bonchev–Trinajstić information content (AvgIpc) is 3.25. The molecule has 1 aromatic heterocycles. The highest BCUT2D eigenvalue weighted by molar-refractivity contribution is 7.99. The molecule has 0 radical (unpaired) electrons. The number of nitrogens with zero attached hydrogens (tertiary/aromatic N) is 5.